The highest BCUT2D eigenvalue weighted by Gasteiger charge is 2.22. The second-order valence-electron chi connectivity index (χ2n) is 7.97. The minimum absolute atomic E-state index is 0.00811. The van der Waals surface area contributed by atoms with Crippen molar-refractivity contribution in [2.75, 3.05) is 11.9 Å². The molecule has 162 valence electrons. The van der Waals surface area contributed by atoms with Crippen molar-refractivity contribution < 1.29 is 17.9 Å². The Morgan fingerprint density at radius 1 is 1.03 bits per heavy atom. The van der Waals surface area contributed by atoms with Crippen LogP contribution in [0.5, 0.6) is 5.75 Å². The predicted molar refractivity (Wildman–Crippen MR) is 118 cm³/mol. The Morgan fingerprint density at radius 2 is 1.77 bits per heavy atom. The maximum absolute atomic E-state index is 12.7. The fraction of sp³-hybridized carbons (Fsp3) is 0.435. The van der Waals surface area contributed by atoms with E-state index in [9.17, 15) is 13.2 Å². The Bertz CT molecular complexity index is 1010. The lowest BCUT2D eigenvalue weighted by Crippen LogP contribution is -2.36. The monoisotopic (exact) mass is 430 g/mol. The van der Waals surface area contributed by atoms with Crippen LogP contribution in [0, 0.1) is 20.8 Å². The molecule has 1 fully saturated rings. The minimum Gasteiger partial charge on any atom is -0.483 e. The zero-order valence-corrected chi connectivity index (χ0v) is 18.6. The van der Waals surface area contributed by atoms with Gasteiger partial charge in [-0.25, -0.2) is 13.1 Å². The van der Waals surface area contributed by atoms with Gasteiger partial charge in [-0.05, 0) is 74.6 Å². The smallest absolute Gasteiger partial charge is 0.262 e. The molecule has 2 aromatic carbocycles. The normalized spacial score (nSPS) is 15.0. The molecule has 0 heterocycles. The van der Waals surface area contributed by atoms with Gasteiger partial charge in [0.2, 0.25) is 10.0 Å². The van der Waals surface area contributed by atoms with E-state index in [0.717, 1.165) is 42.5 Å². The fourth-order valence-electron chi connectivity index (χ4n) is 3.67. The first-order valence-electron chi connectivity index (χ1n) is 10.4. The van der Waals surface area contributed by atoms with Crippen LogP contribution in [0.3, 0.4) is 0 Å². The molecule has 2 aromatic rings. The third kappa shape index (κ3) is 5.61. The van der Waals surface area contributed by atoms with Crippen molar-refractivity contribution in [3.8, 4) is 5.75 Å². The summed E-state index contributed by atoms with van der Waals surface area (Å²) in [5, 5.41) is 2.85. The topological polar surface area (TPSA) is 84.5 Å². The van der Waals surface area contributed by atoms with Crippen molar-refractivity contribution in [1.82, 2.24) is 4.72 Å². The molecule has 0 spiro atoms. The number of anilines is 1. The third-order valence-electron chi connectivity index (χ3n) is 5.62. The molecule has 6 nitrogen and oxygen atoms in total. The lowest BCUT2D eigenvalue weighted by Gasteiger charge is -2.22. The molecule has 0 unspecified atom stereocenters. The van der Waals surface area contributed by atoms with Crippen molar-refractivity contribution >= 4 is 21.6 Å². The number of ether oxygens (including phenoxy) is 1. The van der Waals surface area contributed by atoms with Gasteiger partial charge in [-0.15, -0.1) is 0 Å². The molecule has 1 aliphatic carbocycles. The van der Waals surface area contributed by atoms with E-state index in [1.165, 1.54) is 12.5 Å². The summed E-state index contributed by atoms with van der Waals surface area (Å²) in [6, 6.07) is 10.5. The number of sulfonamides is 1. The van der Waals surface area contributed by atoms with Crippen molar-refractivity contribution in [3.05, 3.63) is 53.1 Å². The number of aryl methyl sites for hydroxylation is 2. The molecule has 3 rings (SSSR count). The van der Waals surface area contributed by atoms with Crippen molar-refractivity contribution in [2.45, 2.75) is 63.8 Å². The number of hydrogen-bond donors (Lipinski definition) is 2. The number of benzene rings is 2. The van der Waals surface area contributed by atoms with Crippen LogP contribution in [0.15, 0.2) is 41.3 Å². The molecule has 0 aliphatic heterocycles. The van der Waals surface area contributed by atoms with Crippen LogP contribution in [0.1, 0.15) is 48.8 Å². The summed E-state index contributed by atoms with van der Waals surface area (Å²) >= 11 is 0. The first kappa shape index (κ1) is 22.3. The van der Waals surface area contributed by atoms with Crippen LogP contribution >= 0.6 is 0 Å². The SMILES string of the molecule is Cc1cc(S(=O)(=O)NC2CCCCC2)ccc1OCC(=O)Nc1cccc(C)c1C. The molecule has 1 saturated carbocycles. The highest BCUT2D eigenvalue weighted by atomic mass is 32.2. The van der Waals surface area contributed by atoms with Gasteiger partial charge < -0.3 is 10.1 Å². The van der Waals surface area contributed by atoms with E-state index in [-0.39, 0.29) is 23.5 Å². The lowest BCUT2D eigenvalue weighted by atomic mass is 9.96. The highest BCUT2D eigenvalue weighted by Crippen LogP contribution is 2.24. The molecule has 1 amide bonds. The quantitative estimate of drug-likeness (QED) is 0.688. The lowest BCUT2D eigenvalue weighted by molar-refractivity contribution is -0.118. The predicted octanol–water partition coefficient (Wildman–Crippen LogP) is 4.24. The summed E-state index contributed by atoms with van der Waals surface area (Å²) in [5.41, 5.74) is 3.54. The average molecular weight is 431 g/mol. The van der Waals surface area contributed by atoms with Gasteiger partial charge in [-0.1, -0.05) is 31.4 Å². The van der Waals surface area contributed by atoms with Crippen LogP contribution in [0.25, 0.3) is 0 Å². The number of amides is 1. The molecule has 0 bridgehead atoms. The molecule has 30 heavy (non-hydrogen) atoms. The zero-order valence-electron chi connectivity index (χ0n) is 17.8. The Labute approximate surface area is 179 Å². The Kier molecular flexibility index (Phi) is 7.15. The van der Waals surface area contributed by atoms with E-state index in [2.05, 4.69) is 10.0 Å². The molecule has 0 saturated heterocycles. The summed E-state index contributed by atoms with van der Waals surface area (Å²) in [6.07, 6.45) is 5.05. The van der Waals surface area contributed by atoms with E-state index in [0.29, 0.717) is 11.3 Å². The second kappa shape index (κ2) is 9.62. The Morgan fingerprint density at radius 3 is 2.47 bits per heavy atom. The van der Waals surface area contributed by atoms with Gasteiger partial charge in [0.15, 0.2) is 6.61 Å². The third-order valence-corrected chi connectivity index (χ3v) is 7.14. The number of rotatable bonds is 7. The summed E-state index contributed by atoms with van der Waals surface area (Å²) in [6.45, 7) is 5.57. The maximum atomic E-state index is 12.7. The largest absolute Gasteiger partial charge is 0.483 e. The van der Waals surface area contributed by atoms with E-state index in [1.807, 2.05) is 32.0 Å². The molecular weight excluding hydrogens is 400 g/mol. The van der Waals surface area contributed by atoms with Crippen LogP contribution < -0.4 is 14.8 Å². The fourth-order valence-corrected chi connectivity index (χ4v) is 5.06. The summed E-state index contributed by atoms with van der Waals surface area (Å²) in [7, 11) is -3.56. The first-order valence-corrected chi connectivity index (χ1v) is 11.9. The summed E-state index contributed by atoms with van der Waals surface area (Å²) in [5.74, 6) is 0.224. The van der Waals surface area contributed by atoms with Gasteiger partial charge >= 0.3 is 0 Å². The average Bonchev–Trinajstić information content (AvgIpc) is 2.71. The first-order chi connectivity index (χ1) is 14.3. The van der Waals surface area contributed by atoms with E-state index < -0.39 is 10.0 Å². The Balaban J connectivity index is 1.61. The maximum Gasteiger partial charge on any atom is 0.262 e. The Hall–Kier alpha value is -2.38. The van der Waals surface area contributed by atoms with Crippen LogP contribution in [-0.4, -0.2) is 27.0 Å². The molecule has 0 radical (unpaired) electrons. The van der Waals surface area contributed by atoms with Crippen molar-refractivity contribution in [3.63, 3.8) is 0 Å². The van der Waals surface area contributed by atoms with Crippen molar-refractivity contribution in [1.29, 1.82) is 0 Å². The minimum atomic E-state index is -3.56. The van der Waals surface area contributed by atoms with Gasteiger partial charge in [0, 0.05) is 11.7 Å². The van der Waals surface area contributed by atoms with Gasteiger partial charge in [-0.3, -0.25) is 4.79 Å². The van der Waals surface area contributed by atoms with Crippen LogP contribution in [-0.2, 0) is 14.8 Å². The van der Waals surface area contributed by atoms with Crippen LogP contribution in [0.2, 0.25) is 0 Å². The molecule has 0 aromatic heterocycles. The molecule has 2 N–H and O–H groups in total. The second-order valence-corrected chi connectivity index (χ2v) is 9.68. The van der Waals surface area contributed by atoms with Crippen LogP contribution in [0.4, 0.5) is 5.69 Å². The van der Waals surface area contributed by atoms with Gasteiger partial charge in [0.1, 0.15) is 5.75 Å². The van der Waals surface area contributed by atoms with Gasteiger partial charge in [0.05, 0.1) is 4.90 Å². The number of hydrogen-bond acceptors (Lipinski definition) is 4. The van der Waals surface area contributed by atoms with E-state index in [4.69, 9.17) is 4.74 Å². The summed E-state index contributed by atoms with van der Waals surface area (Å²) < 4.78 is 33.8. The number of carbonyl (C=O) groups excluding carboxylic acids is 1. The summed E-state index contributed by atoms with van der Waals surface area (Å²) in [4.78, 5) is 12.5. The van der Waals surface area contributed by atoms with Gasteiger partial charge in [0.25, 0.3) is 5.91 Å². The van der Waals surface area contributed by atoms with E-state index in [1.54, 1.807) is 19.1 Å². The number of carbonyl (C=O) groups is 1. The highest BCUT2D eigenvalue weighted by molar-refractivity contribution is 7.89. The van der Waals surface area contributed by atoms with Crippen molar-refractivity contribution in [2.24, 2.45) is 0 Å². The molecule has 1 aliphatic rings. The zero-order chi connectivity index (χ0) is 21.7. The molecule has 0 atom stereocenters. The molecule has 7 heteroatoms. The standard InChI is InChI=1S/C23H30N2O4S/c1-16-8-7-11-21(18(16)3)24-23(26)15-29-22-13-12-20(14-17(22)2)30(27,28)25-19-9-5-4-6-10-19/h7-8,11-14,19,25H,4-6,9-10,15H2,1-3H3,(H,24,26). The number of nitrogens with one attached hydrogen (secondary N) is 2. The van der Waals surface area contributed by atoms with Gasteiger partial charge in [-0.2, -0.15) is 0 Å². The molecular formula is C23H30N2O4S. The van der Waals surface area contributed by atoms with E-state index >= 15 is 0 Å².